The van der Waals surface area contributed by atoms with E-state index in [-0.39, 0.29) is 42.1 Å². The number of fused-ring (bicyclic) bond motifs is 1. The summed E-state index contributed by atoms with van der Waals surface area (Å²) in [6.45, 7) is 4.21. The first-order chi connectivity index (χ1) is 11.5. The fourth-order valence-corrected chi connectivity index (χ4v) is 4.50. The maximum absolute atomic E-state index is 12.5. The van der Waals surface area contributed by atoms with E-state index >= 15 is 0 Å². The van der Waals surface area contributed by atoms with Crippen molar-refractivity contribution in [3.05, 3.63) is 0 Å². The standard InChI is InChI=1S/C19H29NO4/c1-12-7-9-14(10-8-12)19(23)24-13(2)11-20-17(21)15-5-3-4-6-16(15)18(20)22/h12-16H,3-11H2,1-2H3. The molecule has 2 amide bonds. The molecule has 0 bridgehead atoms. The number of amides is 2. The summed E-state index contributed by atoms with van der Waals surface area (Å²) < 4.78 is 5.55. The molecule has 3 fully saturated rings. The van der Waals surface area contributed by atoms with E-state index in [1.165, 1.54) is 4.90 Å². The van der Waals surface area contributed by atoms with Crippen LogP contribution in [0.1, 0.15) is 65.2 Å². The molecule has 1 aliphatic heterocycles. The SMILES string of the molecule is CC1CCC(C(=O)OC(C)CN2C(=O)C3CCCCC3C2=O)CC1. The number of imide groups is 1. The monoisotopic (exact) mass is 335 g/mol. The highest BCUT2D eigenvalue weighted by Gasteiger charge is 2.48. The number of esters is 1. The van der Waals surface area contributed by atoms with Crippen molar-refractivity contribution in [3.8, 4) is 0 Å². The second-order valence-electron chi connectivity index (χ2n) is 7.99. The van der Waals surface area contributed by atoms with Gasteiger partial charge in [0.25, 0.3) is 0 Å². The van der Waals surface area contributed by atoms with E-state index < -0.39 is 6.10 Å². The number of rotatable bonds is 4. The van der Waals surface area contributed by atoms with Crippen LogP contribution in [0, 0.1) is 23.7 Å². The normalized spacial score (nSPS) is 34.8. The molecular weight excluding hydrogens is 306 g/mol. The lowest BCUT2D eigenvalue weighted by molar-refractivity contribution is -0.158. The molecule has 3 unspecified atom stereocenters. The van der Waals surface area contributed by atoms with E-state index in [9.17, 15) is 14.4 Å². The van der Waals surface area contributed by atoms with Gasteiger partial charge in [0.05, 0.1) is 24.3 Å². The van der Waals surface area contributed by atoms with Crippen molar-refractivity contribution in [3.63, 3.8) is 0 Å². The quantitative estimate of drug-likeness (QED) is 0.585. The first kappa shape index (κ1) is 17.4. The highest BCUT2D eigenvalue weighted by atomic mass is 16.5. The van der Waals surface area contributed by atoms with Gasteiger partial charge >= 0.3 is 5.97 Å². The predicted molar refractivity (Wildman–Crippen MR) is 88.8 cm³/mol. The Morgan fingerprint density at radius 1 is 1.04 bits per heavy atom. The molecule has 0 aromatic rings. The molecule has 3 aliphatic rings. The summed E-state index contributed by atoms with van der Waals surface area (Å²) in [4.78, 5) is 38.6. The number of carbonyl (C=O) groups excluding carboxylic acids is 3. The summed E-state index contributed by atoms with van der Waals surface area (Å²) in [5, 5.41) is 0. The molecule has 3 atom stereocenters. The average Bonchev–Trinajstić information content (AvgIpc) is 2.81. The van der Waals surface area contributed by atoms with Crippen LogP contribution in [-0.4, -0.2) is 35.3 Å². The summed E-state index contributed by atoms with van der Waals surface area (Å²) in [6, 6.07) is 0. The summed E-state index contributed by atoms with van der Waals surface area (Å²) in [7, 11) is 0. The third-order valence-corrected chi connectivity index (χ3v) is 6.04. The number of hydrogen-bond acceptors (Lipinski definition) is 4. The molecule has 2 saturated carbocycles. The van der Waals surface area contributed by atoms with Crippen LogP contribution in [0.25, 0.3) is 0 Å². The van der Waals surface area contributed by atoms with Gasteiger partial charge in [0.15, 0.2) is 0 Å². The first-order valence-electron chi connectivity index (χ1n) is 9.53. The fraction of sp³-hybridized carbons (Fsp3) is 0.842. The van der Waals surface area contributed by atoms with Crippen molar-refractivity contribution in [2.24, 2.45) is 23.7 Å². The minimum atomic E-state index is -0.426. The number of carbonyl (C=O) groups is 3. The Kier molecular flexibility index (Phi) is 5.26. The smallest absolute Gasteiger partial charge is 0.309 e. The van der Waals surface area contributed by atoms with Gasteiger partial charge in [0, 0.05) is 0 Å². The second kappa shape index (κ2) is 7.24. The molecule has 24 heavy (non-hydrogen) atoms. The Morgan fingerprint density at radius 2 is 1.58 bits per heavy atom. The van der Waals surface area contributed by atoms with Crippen LogP contribution in [0.2, 0.25) is 0 Å². The van der Waals surface area contributed by atoms with Crippen LogP contribution < -0.4 is 0 Å². The van der Waals surface area contributed by atoms with Crippen molar-refractivity contribution in [1.82, 2.24) is 4.90 Å². The number of hydrogen-bond donors (Lipinski definition) is 0. The van der Waals surface area contributed by atoms with Crippen molar-refractivity contribution < 1.29 is 19.1 Å². The minimum Gasteiger partial charge on any atom is -0.461 e. The second-order valence-corrected chi connectivity index (χ2v) is 7.99. The van der Waals surface area contributed by atoms with Gasteiger partial charge in [-0.05, 0) is 51.4 Å². The topological polar surface area (TPSA) is 63.7 Å². The predicted octanol–water partition coefficient (Wildman–Crippen LogP) is 2.92. The van der Waals surface area contributed by atoms with Gasteiger partial charge in [-0.25, -0.2) is 0 Å². The zero-order chi connectivity index (χ0) is 17.3. The van der Waals surface area contributed by atoms with Crippen LogP contribution in [-0.2, 0) is 19.1 Å². The van der Waals surface area contributed by atoms with Gasteiger partial charge < -0.3 is 4.74 Å². The molecule has 5 nitrogen and oxygen atoms in total. The molecule has 0 aromatic heterocycles. The third kappa shape index (κ3) is 3.50. The first-order valence-corrected chi connectivity index (χ1v) is 9.53. The molecule has 2 aliphatic carbocycles. The molecular formula is C19H29NO4. The maximum atomic E-state index is 12.5. The van der Waals surface area contributed by atoms with Crippen LogP contribution in [0.5, 0.6) is 0 Å². The Morgan fingerprint density at radius 3 is 2.12 bits per heavy atom. The summed E-state index contributed by atoms with van der Waals surface area (Å²) in [5.74, 6) is 0.137. The van der Waals surface area contributed by atoms with Gasteiger partial charge in [0.2, 0.25) is 11.8 Å². The summed E-state index contributed by atoms with van der Waals surface area (Å²) in [5.41, 5.74) is 0. The molecule has 0 radical (unpaired) electrons. The van der Waals surface area contributed by atoms with E-state index in [0.717, 1.165) is 51.4 Å². The maximum Gasteiger partial charge on any atom is 0.309 e. The Labute approximate surface area is 144 Å². The average molecular weight is 335 g/mol. The largest absolute Gasteiger partial charge is 0.461 e. The summed E-state index contributed by atoms with van der Waals surface area (Å²) in [6.07, 6.45) is 7.18. The van der Waals surface area contributed by atoms with Gasteiger partial charge in [-0.3, -0.25) is 19.3 Å². The molecule has 3 rings (SSSR count). The third-order valence-electron chi connectivity index (χ3n) is 6.04. The van der Waals surface area contributed by atoms with Crippen LogP contribution in [0.15, 0.2) is 0 Å². The highest BCUT2D eigenvalue weighted by molar-refractivity contribution is 6.05. The van der Waals surface area contributed by atoms with E-state index in [1.54, 1.807) is 6.92 Å². The Hall–Kier alpha value is -1.39. The van der Waals surface area contributed by atoms with Crippen LogP contribution >= 0.6 is 0 Å². The van der Waals surface area contributed by atoms with Crippen molar-refractivity contribution in [2.45, 2.75) is 71.3 Å². The van der Waals surface area contributed by atoms with Crippen LogP contribution in [0.4, 0.5) is 0 Å². The van der Waals surface area contributed by atoms with Crippen molar-refractivity contribution >= 4 is 17.8 Å². The van der Waals surface area contributed by atoms with Gasteiger partial charge in [0.1, 0.15) is 6.10 Å². The molecule has 0 spiro atoms. The van der Waals surface area contributed by atoms with E-state index in [2.05, 4.69) is 6.92 Å². The molecule has 134 valence electrons. The van der Waals surface area contributed by atoms with Gasteiger partial charge in [-0.2, -0.15) is 0 Å². The van der Waals surface area contributed by atoms with E-state index in [0.29, 0.717) is 5.92 Å². The molecule has 0 aromatic carbocycles. The Bertz CT molecular complexity index is 485. The lowest BCUT2D eigenvalue weighted by Gasteiger charge is -2.27. The summed E-state index contributed by atoms with van der Waals surface area (Å²) >= 11 is 0. The zero-order valence-corrected chi connectivity index (χ0v) is 14.8. The molecule has 1 saturated heterocycles. The zero-order valence-electron chi connectivity index (χ0n) is 14.8. The molecule has 5 heteroatoms. The van der Waals surface area contributed by atoms with Gasteiger partial charge in [-0.1, -0.05) is 19.8 Å². The number of likely N-dealkylation sites (tertiary alicyclic amines) is 1. The van der Waals surface area contributed by atoms with E-state index in [1.807, 2.05) is 0 Å². The number of nitrogens with zero attached hydrogens (tertiary/aromatic N) is 1. The highest BCUT2D eigenvalue weighted by Crippen LogP contribution is 2.38. The Balaban J connectivity index is 1.53. The molecule has 0 N–H and O–H groups in total. The minimum absolute atomic E-state index is 0.0174. The fourth-order valence-electron chi connectivity index (χ4n) is 4.50. The lowest BCUT2D eigenvalue weighted by atomic mass is 9.81. The van der Waals surface area contributed by atoms with Crippen molar-refractivity contribution in [1.29, 1.82) is 0 Å². The van der Waals surface area contributed by atoms with E-state index in [4.69, 9.17) is 4.74 Å². The van der Waals surface area contributed by atoms with Gasteiger partial charge in [-0.15, -0.1) is 0 Å². The van der Waals surface area contributed by atoms with Crippen molar-refractivity contribution in [2.75, 3.05) is 6.54 Å². The van der Waals surface area contributed by atoms with Crippen LogP contribution in [0.3, 0.4) is 0 Å². The number of ether oxygens (including phenoxy) is 1. The lowest BCUT2D eigenvalue weighted by Crippen LogP contribution is -2.39. The molecule has 1 heterocycles.